The van der Waals surface area contributed by atoms with Crippen molar-refractivity contribution in [3.8, 4) is 0 Å². The smallest absolute Gasteiger partial charge is 0.182 e. The fraction of sp³-hybridized carbons (Fsp3) is 0.0769. The lowest BCUT2D eigenvalue weighted by molar-refractivity contribution is 0.512. The van der Waals surface area contributed by atoms with E-state index in [1.165, 1.54) is 18.2 Å². The van der Waals surface area contributed by atoms with E-state index in [9.17, 15) is 13.2 Å². The van der Waals surface area contributed by atoms with Crippen molar-refractivity contribution in [2.24, 2.45) is 0 Å². The van der Waals surface area contributed by atoms with E-state index in [4.69, 9.17) is 5.73 Å². The number of halogens is 3. The molecule has 2 rings (SSSR count). The van der Waals surface area contributed by atoms with Gasteiger partial charge in [-0.05, 0) is 36.8 Å². The Labute approximate surface area is 102 Å². The van der Waals surface area contributed by atoms with E-state index in [-0.39, 0.29) is 11.4 Å². The van der Waals surface area contributed by atoms with Crippen LogP contribution in [0, 0.1) is 24.4 Å². The maximum Gasteiger partial charge on any atom is 0.182 e. The van der Waals surface area contributed by atoms with Crippen LogP contribution in [0.2, 0.25) is 0 Å². The minimum atomic E-state index is -1.00. The summed E-state index contributed by atoms with van der Waals surface area (Å²) in [6.07, 6.45) is 0. The molecule has 94 valence electrons. The van der Waals surface area contributed by atoms with Crippen LogP contribution < -0.4 is 11.1 Å². The summed E-state index contributed by atoms with van der Waals surface area (Å²) in [7, 11) is 0. The minimum Gasteiger partial charge on any atom is -0.397 e. The number of hydrogen-bond donors (Lipinski definition) is 2. The van der Waals surface area contributed by atoms with Crippen molar-refractivity contribution in [3.05, 3.63) is 53.3 Å². The van der Waals surface area contributed by atoms with Crippen LogP contribution in [0.3, 0.4) is 0 Å². The first-order valence-electron chi connectivity index (χ1n) is 5.25. The molecule has 2 nitrogen and oxygen atoms in total. The standard InChI is InChI=1S/C13H11F3N2/c1-7-5-12(10(17)6-9(7)15)18-11-4-2-3-8(14)13(11)16/h2-6,18H,17H2,1H3. The van der Waals surface area contributed by atoms with Gasteiger partial charge < -0.3 is 11.1 Å². The lowest BCUT2D eigenvalue weighted by Gasteiger charge is -2.11. The van der Waals surface area contributed by atoms with Crippen LogP contribution >= 0.6 is 0 Å². The summed E-state index contributed by atoms with van der Waals surface area (Å²) in [5.74, 6) is -2.41. The van der Waals surface area contributed by atoms with Gasteiger partial charge in [-0.15, -0.1) is 0 Å². The summed E-state index contributed by atoms with van der Waals surface area (Å²) in [5, 5.41) is 2.64. The van der Waals surface area contributed by atoms with Crippen molar-refractivity contribution in [2.45, 2.75) is 6.92 Å². The molecule has 0 amide bonds. The maximum atomic E-state index is 13.4. The van der Waals surface area contributed by atoms with E-state index in [1.54, 1.807) is 6.92 Å². The van der Waals surface area contributed by atoms with Crippen molar-refractivity contribution < 1.29 is 13.2 Å². The van der Waals surface area contributed by atoms with Gasteiger partial charge in [0.15, 0.2) is 11.6 Å². The topological polar surface area (TPSA) is 38.0 Å². The zero-order chi connectivity index (χ0) is 13.3. The van der Waals surface area contributed by atoms with Gasteiger partial charge in [0.25, 0.3) is 0 Å². The molecule has 3 N–H and O–H groups in total. The number of rotatable bonds is 2. The molecule has 0 atom stereocenters. The van der Waals surface area contributed by atoms with Gasteiger partial charge in [-0.3, -0.25) is 0 Å². The van der Waals surface area contributed by atoms with Gasteiger partial charge in [-0.2, -0.15) is 0 Å². The predicted octanol–water partition coefficient (Wildman–Crippen LogP) is 3.74. The van der Waals surface area contributed by atoms with E-state index in [0.29, 0.717) is 11.3 Å². The van der Waals surface area contributed by atoms with Crippen LogP contribution in [-0.4, -0.2) is 0 Å². The van der Waals surface area contributed by atoms with E-state index in [2.05, 4.69) is 5.32 Å². The third-order valence-corrected chi connectivity index (χ3v) is 2.55. The molecule has 0 fully saturated rings. The van der Waals surface area contributed by atoms with E-state index >= 15 is 0 Å². The summed E-state index contributed by atoms with van der Waals surface area (Å²) in [6.45, 7) is 1.56. The molecular weight excluding hydrogens is 241 g/mol. The first-order chi connectivity index (χ1) is 8.49. The fourth-order valence-corrected chi connectivity index (χ4v) is 1.55. The average Bonchev–Trinajstić information content (AvgIpc) is 2.32. The van der Waals surface area contributed by atoms with Crippen LogP contribution in [0.25, 0.3) is 0 Å². The number of nitrogens with one attached hydrogen (secondary N) is 1. The van der Waals surface area contributed by atoms with Crippen LogP contribution in [0.15, 0.2) is 30.3 Å². The molecule has 0 heterocycles. The number of nitrogens with two attached hydrogens (primary N) is 1. The second-order valence-electron chi connectivity index (χ2n) is 3.92. The molecule has 2 aromatic rings. The Morgan fingerprint density at radius 3 is 2.44 bits per heavy atom. The number of nitrogen functional groups attached to an aromatic ring is 1. The predicted molar refractivity (Wildman–Crippen MR) is 65.2 cm³/mol. The molecule has 0 aliphatic heterocycles. The molecule has 0 bridgehead atoms. The van der Waals surface area contributed by atoms with Gasteiger partial charge in [-0.1, -0.05) is 6.07 Å². The highest BCUT2D eigenvalue weighted by Crippen LogP contribution is 2.28. The van der Waals surface area contributed by atoms with Crippen LogP contribution in [0.5, 0.6) is 0 Å². The SMILES string of the molecule is Cc1cc(Nc2cccc(F)c2F)c(N)cc1F. The summed E-state index contributed by atoms with van der Waals surface area (Å²) in [6, 6.07) is 6.33. The third kappa shape index (κ3) is 2.25. The zero-order valence-corrected chi connectivity index (χ0v) is 9.60. The molecule has 5 heteroatoms. The van der Waals surface area contributed by atoms with Gasteiger partial charge in [0.05, 0.1) is 17.1 Å². The lowest BCUT2D eigenvalue weighted by Crippen LogP contribution is -2.01. The summed E-state index contributed by atoms with van der Waals surface area (Å²) in [4.78, 5) is 0. The fourth-order valence-electron chi connectivity index (χ4n) is 1.55. The molecule has 0 saturated carbocycles. The van der Waals surface area contributed by atoms with E-state index in [1.807, 2.05) is 0 Å². The second-order valence-corrected chi connectivity index (χ2v) is 3.92. The van der Waals surface area contributed by atoms with Gasteiger partial charge in [0, 0.05) is 0 Å². The molecule has 18 heavy (non-hydrogen) atoms. The summed E-state index contributed by atoms with van der Waals surface area (Å²) in [5.41, 5.74) is 6.38. The molecule has 0 aliphatic carbocycles. The normalized spacial score (nSPS) is 10.4. The molecule has 0 saturated heterocycles. The Balaban J connectivity index is 2.40. The number of aryl methyl sites for hydroxylation is 1. The van der Waals surface area contributed by atoms with Crippen LogP contribution in [-0.2, 0) is 0 Å². The monoisotopic (exact) mass is 252 g/mol. The first-order valence-corrected chi connectivity index (χ1v) is 5.25. The molecule has 2 aromatic carbocycles. The Kier molecular flexibility index (Phi) is 3.14. The number of hydrogen-bond acceptors (Lipinski definition) is 2. The van der Waals surface area contributed by atoms with Crippen molar-refractivity contribution in [1.82, 2.24) is 0 Å². The van der Waals surface area contributed by atoms with Crippen LogP contribution in [0.1, 0.15) is 5.56 Å². The molecule has 0 aromatic heterocycles. The lowest BCUT2D eigenvalue weighted by atomic mass is 10.1. The average molecular weight is 252 g/mol. The number of benzene rings is 2. The summed E-state index contributed by atoms with van der Waals surface area (Å²) >= 11 is 0. The molecule has 0 spiro atoms. The molecular formula is C13H11F3N2. The number of anilines is 3. The van der Waals surface area contributed by atoms with Crippen molar-refractivity contribution in [1.29, 1.82) is 0 Å². The Hall–Kier alpha value is -2.17. The Morgan fingerprint density at radius 1 is 1.00 bits per heavy atom. The van der Waals surface area contributed by atoms with Crippen molar-refractivity contribution in [2.75, 3.05) is 11.1 Å². The molecule has 0 unspecified atom stereocenters. The van der Waals surface area contributed by atoms with Gasteiger partial charge >= 0.3 is 0 Å². The summed E-state index contributed by atoms with van der Waals surface area (Å²) < 4.78 is 39.7. The van der Waals surface area contributed by atoms with Crippen molar-refractivity contribution in [3.63, 3.8) is 0 Å². The van der Waals surface area contributed by atoms with E-state index < -0.39 is 17.5 Å². The van der Waals surface area contributed by atoms with Crippen molar-refractivity contribution >= 4 is 17.1 Å². The van der Waals surface area contributed by atoms with Gasteiger partial charge in [0.2, 0.25) is 0 Å². The van der Waals surface area contributed by atoms with Gasteiger partial charge in [0.1, 0.15) is 5.82 Å². The Morgan fingerprint density at radius 2 is 1.72 bits per heavy atom. The zero-order valence-electron chi connectivity index (χ0n) is 9.60. The highest BCUT2D eigenvalue weighted by atomic mass is 19.2. The maximum absolute atomic E-state index is 13.4. The molecule has 0 aliphatic rings. The second kappa shape index (κ2) is 4.60. The van der Waals surface area contributed by atoms with Gasteiger partial charge in [-0.25, -0.2) is 13.2 Å². The first kappa shape index (κ1) is 12.3. The highest BCUT2D eigenvalue weighted by Gasteiger charge is 2.10. The largest absolute Gasteiger partial charge is 0.397 e. The quantitative estimate of drug-likeness (QED) is 0.799. The van der Waals surface area contributed by atoms with E-state index in [0.717, 1.165) is 12.1 Å². The van der Waals surface area contributed by atoms with Crippen LogP contribution in [0.4, 0.5) is 30.2 Å². The minimum absolute atomic E-state index is 0.0484. The molecule has 0 radical (unpaired) electrons. The third-order valence-electron chi connectivity index (χ3n) is 2.55. The highest BCUT2D eigenvalue weighted by molar-refractivity contribution is 5.73. The Bertz CT molecular complexity index is 597.